The Labute approximate surface area is 111 Å². The number of nitrogen functional groups attached to an aromatic ring is 1. The average Bonchev–Trinajstić information content (AvgIpc) is 2.91. The van der Waals surface area contributed by atoms with Crippen molar-refractivity contribution in [2.24, 2.45) is 0 Å². The number of hydrogen-bond donors (Lipinski definition) is 1. The second-order valence-electron chi connectivity index (χ2n) is 4.87. The minimum absolute atomic E-state index is 0.0984. The van der Waals surface area contributed by atoms with E-state index in [4.69, 9.17) is 10.2 Å². The minimum atomic E-state index is -0.145. The molecule has 1 amide bonds. The van der Waals surface area contributed by atoms with Gasteiger partial charge in [-0.3, -0.25) is 4.79 Å². The van der Waals surface area contributed by atoms with Crippen molar-refractivity contribution in [1.82, 2.24) is 4.98 Å². The van der Waals surface area contributed by atoms with Gasteiger partial charge in [-0.1, -0.05) is 6.07 Å². The van der Waals surface area contributed by atoms with E-state index >= 15 is 0 Å². The van der Waals surface area contributed by atoms with Gasteiger partial charge in [-0.05, 0) is 31.0 Å². The van der Waals surface area contributed by atoms with Gasteiger partial charge in [0.15, 0.2) is 11.6 Å². The summed E-state index contributed by atoms with van der Waals surface area (Å²) < 4.78 is 5.11. The summed E-state index contributed by atoms with van der Waals surface area (Å²) in [5.41, 5.74) is 8.80. The fourth-order valence-electron chi connectivity index (χ4n) is 2.52. The van der Waals surface area contributed by atoms with Crippen molar-refractivity contribution in [3.63, 3.8) is 0 Å². The van der Waals surface area contributed by atoms with Crippen molar-refractivity contribution in [3.8, 4) is 0 Å². The normalized spacial score (nSPS) is 17.6. The zero-order valence-corrected chi connectivity index (χ0v) is 10.9. The molecule has 0 radical (unpaired) electrons. The maximum absolute atomic E-state index is 12.5. The predicted molar refractivity (Wildman–Crippen MR) is 72.1 cm³/mol. The number of nitrogens with two attached hydrogens (primary N) is 1. The minimum Gasteiger partial charge on any atom is -0.448 e. The Bertz CT molecular complexity index is 648. The Kier molecular flexibility index (Phi) is 2.55. The SMILES string of the molecule is Cc1nc(C(=O)N2c3cc(N)ccc3C[C@@H]2C)co1. The maximum Gasteiger partial charge on any atom is 0.280 e. The lowest BCUT2D eigenvalue weighted by atomic mass is 10.1. The Morgan fingerprint density at radius 3 is 3.00 bits per heavy atom. The van der Waals surface area contributed by atoms with Gasteiger partial charge >= 0.3 is 0 Å². The second kappa shape index (κ2) is 4.12. The van der Waals surface area contributed by atoms with Crippen molar-refractivity contribution in [2.75, 3.05) is 10.6 Å². The van der Waals surface area contributed by atoms with Gasteiger partial charge in [-0.25, -0.2) is 4.98 Å². The molecule has 0 saturated carbocycles. The monoisotopic (exact) mass is 257 g/mol. The summed E-state index contributed by atoms with van der Waals surface area (Å²) >= 11 is 0. The second-order valence-corrected chi connectivity index (χ2v) is 4.87. The average molecular weight is 257 g/mol. The fraction of sp³-hybridized carbons (Fsp3) is 0.286. The molecule has 1 aromatic heterocycles. The topological polar surface area (TPSA) is 72.4 Å². The molecule has 2 aromatic rings. The number of amides is 1. The number of hydrogen-bond acceptors (Lipinski definition) is 4. The largest absolute Gasteiger partial charge is 0.448 e. The molecule has 98 valence electrons. The number of oxazole rings is 1. The van der Waals surface area contributed by atoms with Gasteiger partial charge in [-0.15, -0.1) is 0 Å². The third-order valence-electron chi connectivity index (χ3n) is 3.38. The van der Waals surface area contributed by atoms with Crippen LogP contribution >= 0.6 is 0 Å². The molecule has 0 bridgehead atoms. The van der Waals surface area contributed by atoms with Crippen molar-refractivity contribution in [2.45, 2.75) is 26.3 Å². The summed E-state index contributed by atoms with van der Waals surface area (Å²) in [7, 11) is 0. The van der Waals surface area contributed by atoms with E-state index in [0.29, 0.717) is 17.3 Å². The Hall–Kier alpha value is -2.30. The lowest BCUT2D eigenvalue weighted by Crippen LogP contribution is -2.36. The van der Waals surface area contributed by atoms with Crippen molar-refractivity contribution < 1.29 is 9.21 Å². The van der Waals surface area contributed by atoms with Crippen LogP contribution in [0.3, 0.4) is 0 Å². The van der Waals surface area contributed by atoms with E-state index in [1.54, 1.807) is 11.8 Å². The molecule has 5 heteroatoms. The standard InChI is InChI=1S/C14H15N3O2/c1-8-5-10-3-4-11(15)6-13(10)17(8)14(18)12-7-19-9(2)16-12/h3-4,6-8H,5,15H2,1-2H3/t8-/m0/s1. The van der Waals surface area contributed by atoms with Crippen LogP contribution in [0.2, 0.25) is 0 Å². The zero-order valence-electron chi connectivity index (χ0n) is 10.9. The first-order valence-electron chi connectivity index (χ1n) is 6.20. The van der Waals surface area contributed by atoms with E-state index in [2.05, 4.69) is 4.98 Å². The number of fused-ring (bicyclic) bond motifs is 1. The summed E-state index contributed by atoms with van der Waals surface area (Å²) in [6.45, 7) is 3.73. The van der Waals surface area contributed by atoms with E-state index in [-0.39, 0.29) is 11.9 Å². The molecule has 1 aliphatic heterocycles. The van der Waals surface area contributed by atoms with Crippen LogP contribution in [0.5, 0.6) is 0 Å². The maximum atomic E-state index is 12.5. The molecule has 0 saturated heterocycles. The number of aromatic nitrogens is 1. The van der Waals surface area contributed by atoms with Gasteiger partial charge in [0.1, 0.15) is 6.26 Å². The quantitative estimate of drug-likeness (QED) is 0.794. The van der Waals surface area contributed by atoms with Gasteiger partial charge < -0.3 is 15.1 Å². The lowest BCUT2D eigenvalue weighted by Gasteiger charge is -2.21. The Balaban J connectivity index is 2.02. The molecule has 1 atom stereocenters. The summed E-state index contributed by atoms with van der Waals surface area (Å²) in [5.74, 6) is 0.344. The molecular weight excluding hydrogens is 242 g/mol. The first-order valence-corrected chi connectivity index (χ1v) is 6.20. The summed E-state index contributed by atoms with van der Waals surface area (Å²) in [5, 5.41) is 0. The third kappa shape index (κ3) is 1.87. The highest BCUT2D eigenvalue weighted by Crippen LogP contribution is 2.34. The van der Waals surface area contributed by atoms with Crippen LogP contribution < -0.4 is 10.6 Å². The highest BCUT2D eigenvalue weighted by molar-refractivity contribution is 6.06. The van der Waals surface area contributed by atoms with E-state index in [9.17, 15) is 4.79 Å². The number of carbonyl (C=O) groups excluding carboxylic acids is 1. The molecule has 0 aliphatic carbocycles. The molecule has 2 heterocycles. The summed E-state index contributed by atoms with van der Waals surface area (Å²) in [6.07, 6.45) is 2.23. The molecule has 1 aromatic carbocycles. The molecule has 1 aliphatic rings. The summed E-state index contributed by atoms with van der Waals surface area (Å²) in [4.78, 5) is 18.3. The molecular formula is C14H15N3O2. The van der Waals surface area contributed by atoms with Crippen molar-refractivity contribution in [3.05, 3.63) is 41.6 Å². The van der Waals surface area contributed by atoms with Gasteiger partial charge in [-0.2, -0.15) is 0 Å². The van der Waals surface area contributed by atoms with Gasteiger partial charge in [0.05, 0.1) is 0 Å². The van der Waals surface area contributed by atoms with Gasteiger partial charge in [0.2, 0.25) is 0 Å². The number of rotatable bonds is 1. The Morgan fingerprint density at radius 2 is 2.32 bits per heavy atom. The highest BCUT2D eigenvalue weighted by Gasteiger charge is 2.32. The number of nitrogens with zero attached hydrogens (tertiary/aromatic N) is 2. The zero-order chi connectivity index (χ0) is 13.6. The molecule has 2 N–H and O–H groups in total. The lowest BCUT2D eigenvalue weighted by molar-refractivity contribution is 0.0976. The van der Waals surface area contributed by atoms with Crippen molar-refractivity contribution >= 4 is 17.3 Å². The molecule has 3 rings (SSSR count). The summed E-state index contributed by atoms with van der Waals surface area (Å²) in [6, 6.07) is 5.77. The molecule has 19 heavy (non-hydrogen) atoms. The Morgan fingerprint density at radius 1 is 1.53 bits per heavy atom. The van der Waals surface area contributed by atoms with E-state index < -0.39 is 0 Å². The van der Waals surface area contributed by atoms with E-state index in [1.165, 1.54) is 6.26 Å². The van der Waals surface area contributed by atoms with Crippen LogP contribution in [0.25, 0.3) is 0 Å². The van der Waals surface area contributed by atoms with Crippen LogP contribution in [0, 0.1) is 6.92 Å². The number of aryl methyl sites for hydroxylation is 1. The van der Waals surface area contributed by atoms with Crippen LogP contribution in [0.1, 0.15) is 28.9 Å². The van der Waals surface area contributed by atoms with E-state index in [0.717, 1.165) is 17.7 Å². The van der Waals surface area contributed by atoms with E-state index in [1.807, 2.05) is 25.1 Å². The van der Waals surface area contributed by atoms with Crippen LogP contribution in [-0.2, 0) is 6.42 Å². The number of anilines is 2. The van der Waals surface area contributed by atoms with Crippen LogP contribution in [-0.4, -0.2) is 16.9 Å². The molecule has 0 fully saturated rings. The number of benzene rings is 1. The molecule has 0 spiro atoms. The highest BCUT2D eigenvalue weighted by atomic mass is 16.3. The van der Waals surface area contributed by atoms with Gasteiger partial charge in [0, 0.05) is 24.3 Å². The van der Waals surface area contributed by atoms with Crippen LogP contribution in [0.4, 0.5) is 11.4 Å². The first-order chi connectivity index (χ1) is 9.06. The first kappa shape index (κ1) is 11.8. The van der Waals surface area contributed by atoms with Gasteiger partial charge in [0.25, 0.3) is 5.91 Å². The fourth-order valence-corrected chi connectivity index (χ4v) is 2.52. The molecule has 5 nitrogen and oxygen atoms in total. The smallest absolute Gasteiger partial charge is 0.280 e. The van der Waals surface area contributed by atoms with Crippen LogP contribution in [0.15, 0.2) is 28.9 Å². The predicted octanol–water partition coefficient (Wildman–Crippen LogP) is 2.16. The third-order valence-corrected chi connectivity index (χ3v) is 3.38. The molecule has 0 unspecified atom stereocenters. The van der Waals surface area contributed by atoms with Crippen molar-refractivity contribution in [1.29, 1.82) is 0 Å². The number of carbonyl (C=O) groups is 1.